The summed E-state index contributed by atoms with van der Waals surface area (Å²) in [4.78, 5) is 29.5. The number of hydrogen-bond donors (Lipinski definition) is 1. The number of rotatable bonds is 6. The SMILES string of the molecule is CNc1nc(-c2cnc3ccccc3c2)nc2c1CCN(C(=O)c1ccc(COc3ccc(I)cc3)cc1)C2. The van der Waals surface area contributed by atoms with Gasteiger partial charge in [-0.15, -0.1) is 0 Å². The van der Waals surface area contributed by atoms with Crippen LogP contribution in [0.4, 0.5) is 5.82 Å². The Kier molecular flexibility index (Phi) is 7.10. The second-order valence-electron chi connectivity index (χ2n) is 9.40. The summed E-state index contributed by atoms with van der Waals surface area (Å²) in [6.45, 7) is 1.48. The second-order valence-corrected chi connectivity index (χ2v) is 10.6. The van der Waals surface area contributed by atoms with Crippen LogP contribution in [-0.4, -0.2) is 39.4 Å². The van der Waals surface area contributed by atoms with Crippen LogP contribution >= 0.6 is 22.6 Å². The molecule has 1 amide bonds. The van der Waals surface area contributed by atoms with Gasteiger partial charge in [-0.25, -0.2) is 9.97 Å². The van der Waals surface area contributed by atoms with Crippen molar-refractivity contribution in [2.24, 2.45) is 0 Å². The topological polar surface area (TPSA) is 80.2 Å². The third-order valence-corrected chi connectivity index (χ3v) is 7.58. The van der Waals surface area contributed by atoms with Gasteiger partial charge in [0.25, 0.3) is 5.91 Å². The molecule has 1 aliphatic rings. The van der Waals surface area contributed by atoms with Crippen LogP contribution in [0, 0.1) is 3.57 Å². The number of hydrogen-bond acceptors (Lipinski definition) is 6. The van der Waals surface area contributed by atoms with Gasteiger partial charge in [-0.1, -0.05) is 30.3 Å². The van der Waals surface area contributed by atoms with Crippen molar-refractivity contribution in [2.75, 3.05) is 18.9 Å². The van der Waals surface area contributed by atoms with E-state index in [0.29, 0.717) is 37.5 Å². The van der Waals surface area contributed by atoms with Gasteiger partial charge in [0.2, 0.25) is 0 Å². The van der Waals surface area contributed by atoms with Crippen molar-refractivity contribution in [3.63, 3.8) is 0 Å². The normalized spacial score (nSPS) is 12.7. The minimum absolute atomic E-state index is 0.00991. The van der Waals surface area contributed by atoms with Crippen LogP contribution in [0.15, 0.2) is 85.1 Å². The molecule has 1 aliphatic heterocycles. The zero-order valence-corrected chi connectivity index (χ0v) is 23.6. The Morgan fingerprint density at radius 1 is 1.03 bits per heavy atom. The van der Waals surface area contributed by atoms with Crippen LogP contribution in [0.1, 0.15) is 27.2 Å². The summed E-state index contributed by atoms with van der Waals surface area (Å²) in [5.74, 6) is 2.21. The van der Waals surface area contributed by atoms with Crippen molar-refractivity contribution in [1.29, 1.82) is 0 Å². The highest BCUT2D eigenvalue weighted by Gasteiger charge is 2.26. The third-order valence-electron chi connectivity index (χ3n) is 6.86. The molecule has 8 heteroatoms. The van der Waals surface area contributed by atoms with Gasteiger partial charge >= 0.3 is 0 Å². The molecule has 7 nitrogen and oxygen atoms in total. The minimum atomic E-state index is -0.00991. The average Bonchev–Trinajstić information content (AvgIpc) is 2.99. The van der Waals surface area contributed by atoms with E-state index in [0.717, 1.165) is 44.9 Å². The molecule has 5 aromatic rings. The molecule has 2 aromatic heterocycles. The summed E-state index contributed by atoms with van der Waals surface area (Å²) in [6, 6.07) is 25.6. The Bertz CT molecular complexity index is 1660. The van der Waals surface area contributed by atoms with Crippen LogP contribution in [-0.2, 0) is 19.6 Å². The first kappa shape index (κ1) is 25.2. The van der Waals surface area contributed by atoms with Gasteiger partial charge in [-0.3, -0.25) is 9.78 Å². The van der Waals surface area contributed by atoms with Crippen molar-refractivity contribution < 1.29 is 9.53 Å². The highest BCUT2D eigenvalue weighted by Crippen LogP contribution is 2.29. The first-order valence-corrected chi connectivity index (χ1v) is 13.8. The smallest absolute Gasteiger partial charge is 0.254 e. The van der Waals surface area contributed by atoms with Gasteiger partial charge in [-0.2, -0.15) is 0 Å². The van der Waals surface area contributed by atoms with E-state index in [-0.39, 0.29) is 5.91 Å². The standard InChI is InChI=1S/C31H26IN5O2/c1-33-30-26-14-15-37(18-28(26)35-29(36-30)23-16-22-4-2-3-5-27(22)34-17-23)31(38)21-8-6-20(7-9-21)19-39-25-12-10-24(32)11-13-25/h2-13,16-17H,14-15,18-19H2,1H3,(H,33,35,36). The first-order chi connectivity index (χ1) is 19.1. The molecule has 0 unspecified atom stereocenters. The fourth-order valence-corrected chi connectivity index (χ4v) is 5.12. The molecule has 0 bridgehead atoms. The number of aromatic nitrogens is 3. The lowest BCUT2D eigenvalue weighted by Crippen LogP contribution is -2.37. The molecule has 3 heterocycles. The molecule has 1 N–H and O–H groups in total. The summed E-state index contributed by atoms with van der Waals surface area (Å²) in [6.07, 6.45) is 2.49. The lowest BCUT2D eigenvalue weighted by atomic mass is 10.0. The van der Waals surface area contributed by atoms with Crippen molar-refractivity contribution in [3.8, 4) is 17.1 Å². The zero-order valence-electron chi connectivity index (χ0n) is 21.4. The molecule has 0 atom stereocenters. The van der Waals surface area contributed by atoms with Gasteiger partial charge < -0.3 is 15.0 Å². The number of ether oxygens (including phenoxy) is 1. The quantitative estimate of drug-likeness (QED) is 0.229. The van der Waals surface area contributed by atoms with Gasteiger partial charge in [0.05, 0.1) is 17.8 Å². The lowest BCUT2D eigenvalue weighted by Gasteiger charge is -2.29. The number of amides is 1. The van der Waals surface area contributed by atoms with E-state index in [2.05, 4.69) is 39.0 Å². The maximum Gasteiger partial charge on any atom is 0.254 e. The molecule has 6 rings (SSSR count). The van der Waals surface area contributed by atoms with E-state index in [1.54, 1.807) is 6.20 Å². The maximum absolute atomic E-state index is 13.4. The zero-order chi connectivity index (χ0) is 26.8. The van der Waals surface area contributed by atoms with Crippen molar-refractivity contribution in [1.82, 2.24) is 19.9 Å². The summed E-state index contributed by atoms with van der Waals surface area (Å²) < 4.78 is 7.04. The van der Waals surface area contributed by atoms with E-state index >= 15 is 0 Å². The van der Waals surface area contributed by atoms with Gasteiger partial charge in [0.15, 0.2) is 5.82 Å². The Balaban J connectivity index is 1.19. The van der Waals surface area contributed by atoms with E-state index in [4.69, 9.17) is 14.7 Å². The number of benzene rings is 3. The first-order valence-electron chi connectivity index (χ1n) is 12.8. The van der Waals surface area contributed by atoms with E-state index in [9.17, 15) is 4.79 Å². The number of halogens is 1. The number of fused-ring (bicyclic) bond motifs is 2. The van der Waals surface area contributed by atoms with E-state index in [1.165, 1.54) is 3.57 Å². The van der Waals surface area contributed by atoms with Gasteiger partial charge in [-0.05, 0) is 83.1 Å². The van der Waals surface area contributed by atoms with Crippen molar-refractivity contribution >= 4 is 45.2 Å². The second kappa shape index (κ2) is 11.0. The third kappa shape index (κ3) is 5.42. The van der Waals surface area contributed by atoms with Crippen LogP contribution in [0.3, 0.4) is 0 Å². The predicted molar refractivity (Wildman–Crippen MR) is 161 cm³/mol. The number of anilines is 1. The van der Waals surface area contributed by atoms with Gasteiger partial charge in [0.1, 0.15) is 18.2 Å². The summed E-state index contributed by atoms with van der Waals surface area (Å²) in [5.41, 5.74) is 5.35. The fraction of sp³-hybridized carbons (Fsp3) is 0.161. The van der Waals surface area contributed by atoms with Crippen LogP contribution in [0.25, 0.3) is 22.3 Å². The molecular weight excluding hydrogens is 601 g/mol. The number of nitrogens with one attached hydrogen (secondary N) is 1. The van der Waals surface area contributed by atoms with Crippen molar-refractivity contribution in [2.45, 2.75) is 19.6 Å². The van der Waals surface area contributed by atoms with Gasteiger partial charge in [0, 0.05) is 45.4 Å². The lowest BCUT2D eigenvalue weighted by molar-refractivity contribution is 0.0732. The molecule has 39 heavy (non-hydrogen) atoms. The molecule has 0 saturated carbocycles. The van der Waals surface area contributed by atoms with Crippen molar-refractivity contribution in [3.05, 3.63) is 111 Å². The maximum atomic E-state index is 13.4. The van der Waals surface area contributed by atoms with Crippen LogP contribution in [0.5, 0.6) is 5.75 Å². The highest BCUT2D eigenvalue weighted by molar-refractivity contribution is 14.1. The summed E-state index contributed by atoms with van der Waals surface area (Å²) in [5, 5.41) is 4.26. The Morgan fingerprint density at radius 3 is 2.62 bits per heavy atom. The average molecular weight is 627 g/mol. The Morgan fingerprint density at radius 2 is 1.82 bits per heavy atom. The van der Waals surface area contributed by atoms with Crippen LogP contribution in [0.2, 0.25) is 0 Å². The molecule has 0 spiro atoms. The summed E-state index contributed by atoms with van der Waals surface area (Å²) >= 11 is 2.27. The number of carbonyl (C=O) groups excluding carboxylic acids is 1. The molecule has 0 radical (unpaired) electrons. The molecule has 0 fully saturated rings. The number of nitrogens with zero attached hydrogens (tertiary/aromatic N) is 4. The molecular formula is C31H26IN5O2. The summed E-state index contributed by atoms with van der Waals surface area (Å²) in [7, 11) is 1.87. The molecule has 194 valence electrons. The molecule has 3 aromatic carbocycles. The van der Waals surface area contributed by atoms with E-state index in [1.807, 2.05) is 84.7 Å². The Labute approximate surface area is 240 Å². The minimum Gasteiger partial charge on any atom is -0.489 e. The number of para-hydroxylation sites is 1. The monoisotopic (exact) mass is 627 g/mol. The van der Waals surface area contributed by atoms with Crippen LogP contribution < -0.4 is 10.1 Å². The Hall–Kier alpha value is -4.05. The predicted octanol–water partition coefficient (Wildman–Crippen LogP) is 6.12. The molecule has 0 saturated heterocycles. The largest absolute Gasteiger partial charge is 0.489 e. The molecule has 0 aliphatic carbocycles. The number of carbonyl (C=O) groups is 1. The van der Waals surface area contributed by atoms with E-state index < -0.39 is 0 Å². The number of pyridine rings is 1. The highest BCUT2D eigenvalue weighted by atomic mass is 127. The fourth-order valence-electron chi connectivity index (χ4n) is 4.76.